The second-order valence-electron chi connectivity index (χ2n) is 7.53. The third-order valence-corrected chi connectivity index (χ3v) is 6.18. The predicted molar refractivity (Wildman–Crippen MR) is 80.8 cm³/mol. The van der Waals surface area contributed by atoms with E-state index in [0.717, 1.165) is 6.42 Å². The van der Waals surface area contributed by atoms with Crippen molar-refractivity contribution in [2.24, 2.45) is 29.6 Å². The molecule has 5 nitrogen and oxygen atoms in total. The molecule has 8 atom stereocenters. The summed E-state index contributed by atoms with van der Waals surface area (Å²) < 4.78 is 18.1. The number of rotatable bonds is 3. The Balaban J connectivity index is 1.89. The topological polar surface area (TPSA) is 57.2 Å². The van der Waals surface area contributed by atoms with Crippen molar-refractivity contribution in [2.75, 3.05) is 6.61 Å². The summed E-state index contributed by atoms with van der Waals surface area (Å²) in [5, 5.41) is 9.28. The third kappa shape index (κ3) is 2.82. The van der Waals surface area contributed by atoms with E-state index in [2.05, 4.69) is 18.7 Å². The molecule has 5 heteroatoms. The van der Waals surface area contributed by atoms with Gasteiger partial charge in [0.05, 0.1) is 0 Å². The van der Waals surface area contributed by atoms with Crippen LogP contribution in [-0.4, -0.2) is 30.2 Å². The third-order valence-electron chi connectivity index (χ3n) is 6.18. The van der Waals surface area contributed by atoms with Crippen molar-refractivity contribution >= 4 is 0 Å². The maximum Gasteiger partial charge on any atom is 0.201 e. The highest BCUT2D eigenvalue weighted by molar-refractivity contribution is 4.95. The first-order valence-electron chi connectivity index (χ1n) is 8.76. The molecular weight excluding hydrogens is 284 g/mol. The van der Waals surface area contributed by atoms with Crippen LogP contribution in [0, 0.1) is 29.6 Å². The zero-order chi connectivity index (χ0) is 15.9. The summed E-state index contributed by atoms with van der Waals surface area (Å²) in [6, 6.07) is 0. The lowest BCUT2D eigenvalue weighted by Gasteiger charge is -2.52. The van der Waals surface area contributed by atoms with Crippen molar-refractivity contribution in [1.29, 1.82) is 0 Å². The molecule has 2 aliphatic heterocycles. The average molecular weight is 314 g/mol. The first-order chi connectivity index (χ1) is 10.5. The van der Waals surface area contributed by atoms with Crippen LogP contribution < -0.4 is 0 Å². The molecule has 0 aromatic carbocycles. The summed E-state index contributed by atoms with van der Waals surface area (Å²) in [5.41, 5.74) is 0. The smallest absolute Gasteiger partial charge is 0.201 e. The van der Waals surface area contributed by atoms with Gasteiger partial charge >= 0.3 is 0 Å². The fourth-order valence-corrected chi connectivity index (χ4v) is 4.86. The molecule has 128 valence electrons. The molecule has 2 heterocycles. The van der Waals surface area contributed by atoms with Crippen LogP contribution in [0.15, 0.2) is 0 Å². The van der Waals surface area contributed by atoms with Crippen LogP contribution in [0.1, 0.15) is 53.4 Å². The molecule has 0 bridgehead atoms. The summed E-state index contributed by atoms with van der Waals surface area (Å²) in [6.45, 7) is 8.98. The lowest BCUT2D eigenvalue weighted by molar-refractivity contribution is -0.444. The van der Waals surface area contributed by atoms with Crippen LogP contribution in [0.3, 0.4) is 0 Å². The molecule has 0 aromatic rings. The van der Waals surface area contributed by atoms with Crippen molar-refractivity contribution in [3.8, 4) is 0 Å². The molecule has 0 aromatic heterocycles. The lowest BCUT2D eigenvalue weighted by Crippen LogP contribution is -2.54. The first kappa shape index (κ1) is 16.7. The minimum Gasteiger partial charge on any atom is -0.353 e. The molecule has 2 saturated heterocycles. The maximum atomic E-state index is 9.28. The molecule has 1 saturated carbocycles. The van der Waals surface area contributed by atoms with Gasteiger partial charge in [-0.15, -0.1) is 0 Å². The standard InChI is InChI=1S/C17H30O5/c1-5-19-15-11(3)13-7-6-10(2)12-8-9-17(4,22-18)21-16(20-15)14(12)13/h10-16,18H,5-9H2,1-4H3/t10-,11-,12+,13+,14?,15+,16-,17?/m1/s1. The molecule has 1 N–H and O–H groups in total. The second kappa shape index (κ2) is 6.36. The second-order valence-corrected chi connectivity index (χ2v) is 7.53. The predicted octanol–water partition coefficient (Wildman–Crippen LogP) is 3.64. The minimum absolute atomic E-state index is 0.230. The zero-order valence-electron chi connectivity index (χ0n) is 14.2. The summed E-state index contributed by atoms with van der Waals surface area (Å²) in [7, 11) is 0. The fourth-order valence-electron chi connectivity index (χ4n) is 4.86. The Labute approximate surface area is 133 Å². The van der Waals surface area contributed by atoms with Gasteiger partial charge in [0.15, 0.2) is 12.6 Å². The van der Waals surface area contributed by atoms with Gasteiger partial charge in [0, 0.05) is 24.9 Å². The first-order valence-corrected chi connectivity index (χ1v) is 8.76. The summed E-state index contributed by atoms with van der Waals surface area (Å²) in [4.78, 5) is 4.67. The highest BCUT2D eigenvalue weighted by Gasteiger charge is 2.54. The fraction of sp³-hybridized carbons (Fsp3) is 1.00. The van der Waals surface area contributed by atoms with E-state index >= 15 is 0 Å². The van der Waals surface area contributed by atoms with Gasteiger partial charge in [0.25, 0.3) is 0 Å². The van der Waals surface area contributed by atoms with Crippen molar-refractivity contribution in [2.45, 2.75) is 71.7 Å². The number of ether oxygens (including phenoxy) is 3. The Hall–Kier alpha value is -0.200. The van der Waals surface area contributed by atoms with Gasteiger partial charge in [0.1, 0.15) is 0 Å². The normalized spacial score (nSPS) is 52.0. The average Bonchev–Trinajstić information content (AvgIpc) is 2.65. The number of hydrogen-bond donors (Lipinski definition) is 1. The molecule has 0 radical (unpaired) electrons. The Kier molecular flexibility index (Phi) is 4.82. The van der Waals surface area contributed by atoms with Gasteiger partial charge < -0.3 is 14.2 Å². The van der Waals surface area contributed by atoms with E-state index in [1.807, 2.05) is 6.92 Å². The van der Waals surface area contributed by atoms with E-state index in [1.54, 1.807) is 6.92 Å². The summed E-state index contributed by atoms with van der Waals surface area (Å²) >= 11 is 0. The Morgan fingerprint density at radius 3 is 2.64 bits per heavy atom. The zero-order valence-corrected chi connectivity index (χ0v) is 14.2. The molecule has 3 rings (SSSR count). The summed E-state index contributed by atoms with van der Waals surface area (Å²) in [6.07, 6.45) is 3.56. The van der Waals surface area contributed by atoms with E-state index in [4.69, 9.17) is 14.2 Å². The van der Waals surface area contributed by atoms with Crippen LogP contribution in [0.4, 0.5) is 0 Å². The van der Waals surface area contributed by atoms with E-state index < -0.39 is 5.79 Å². The van der Waals surface area contributed by atoms with Crippen LogP contribution in [-0.2, 0) is 19.1 Å². The molecule has 22 heavy (non-hydrogen) atoms. The quantitative estimate of drug-likeness (QED) is 0.636. The molecule has 3 fully saturated rings. The van der Waals surface area contributed by atoms with Gasteiger partial charge in [-0.25, -0.2) is 10.1 Å². The van der Waals surface area contributed by atoms with Crippen molar-refractivity contribution in [3.05, 3.63) is 0 Å². The van der Waals surface area contributed by atoms with Crippen LogP contribution in [0.5, 0.6) is 0 Å². The largest absolute Gasteiger partial charge is 0.353 e. The lowest BCUT2D eigenvalue weighted by atomic mass is 9.61. The highest BCUT2D eigenvalue weighted by atomic mass is 17.1. The highest BCUT2D eigenvalue weighted by Crippen LogP contribution is 2.53. The Morgan fingerprint density at radius 1 is 1.18 bits per heavy atom. The minimum atomic E-state index is -0.983. The Bertz CT molecular complexity index is 389. The molecule has 3 aliphatic rings. The van der Waals surface area contributed by atoms with Crippen LogP contribution in [0.2, 0.25) is 0 Å². The monoisotopic (exact) mass is 314 g/mol. The van der Waals surface area contributed by atoms with E-state index in [0.29, 0.717) is 42.6 Å². The van der Waals surface area contributed by atoms with Crippen LogP contribution in [0.25, 0.3) is 0 Å². The molecule has 1 aliphatic carbocycles. The molecule has 0 amide bonds. The van der Waals surface area contributed by atoms with Gasteiger partial charge in [-0.05, 0) is 44.4 Å². The SMILES string of the molecule is CCO[C@H]1O[C@@H]2OC(C)(OO)CC[C@@H]3C2[C@@H](CC[C@H]3C)[C@H]1C. The maximum absolute atomic E-state index is 9.28. The van der Waals surface area contributed by atoms with E-state index in [-0.39, 0.29) is 12.6 Å². The van der Waals surface area contributed by atoms with E-state index in [9.17, 15) is 5.26 Å². The Morgan fingerprint density at radius 2 is 1.95 bits per heavy atom. The van der Waals surface area contributed by atoms with E-state index in [1.165, 1.54) is 12.8 Å². The van der Waals surface area contributed by atoms with Crippen molar-refractivity contribution in [1.82, 2.24) is 0 Å². The molecule has 0 spiro atoms. The van der Waals surface area contributed by atoms with Crippen LogP contribution >= 0.6 is 0 Å². The summed E-state index contributed by atoms with van der Waals surface area (Å²) in [5.74, 6) is 1.53. The number of hydrogen-bond acceptors (Lipinski definition) is 5. The van der Waals surface area contributed by atoms with Crippen molar-refractivity contribution < 1.29 is 24.4 Å². The molecule has 2 unspecified atom stereocenters. The van der Waals surface area contributed by atoms with Gasteiger partial charge in [-0.2, -0.15) is 0 Å². The molecular formula is C17H30O5. The van der Waals surface area contributed by atoms with Gasteiger partial charge in [-0.1, -0.05) is 20.3 Å². The van der Waals surface area contributed by atoms with Crippen molar-refractivity contribution in [3.63, 3.8) is 0 Å². The van der Waals surface area contributed by atoms with Gasteiger partial charge in [-0.3, -0.25) is 0 Å². The van der Waals surface area contributed by atoms with Gasteiger partial charge in [0.2, 0.25) is 5.79 Å².